The highest BCUT2D eigenvalue weighted by atomic mass is 35.5. The van der Waals surface area contributed by atoms with Crippen molar-refractivity contribution in [3.8, 4) is 17.2 Å². The van der Waals surface area contributed by atoms with Gasteiger partial charge in [0.1, 0.15) is 18.1 Å². The maximum absolute atomic E-state index is 13.9. The molecule has 2 aromatic carbocycles. The number of hydrogen-bond donors (Lipinski definition) is 1. The minimum Gasteiger partial charge on any atom is -0.493 e. The Hall–Kier alpha value is -3.89. The summed E-state index contributed by atoms with van der Waals surface area (Å²) in [6, 6.07) is 16.6. The summed E-state index contributed by atoms with van der Waals surface area (Å²) in [7, 11) is 3.19. The number of carbonyl (C=O) groups is 2. The summed E-state index contributed by atoms with van der Waals surface area (Å²) in [5.41, 5.74) is 2.74. The fourth-order valence-electron chi connectivity index (χ4n) is 4.94. The van der Waals surface area contributed by atoms with Gasteiger partial charge in [-0.2, -0.15) is 5.10 Å². The SMILES string of the molecule is COc1ccc(C2SCC(=O)N(CC(=O)NCc3ccco3)c3c2c(C(C)(C)C)nn3-c2ccccc2Cl)cc1OC. The molecule has 220 valence electrons. The quantitative estimate of drug-likeness (QED) is 0.265. The summed E-state index contributed by atoms with van der Waals surface area (Å²) in [5.74, 6) is 1.91. The highest BCUT2D eigenvalue weighted by Crippen LogP contribution is 2.49. The third kappa shape index (κ3) is 5.87. The van der Waals surface area contributed by atoms with E-state index >= 15 is 0 Å². The first-order valence-electron chi connectivity index (χ1n) is 13.4. The van der Waals surface area contributed by atoms with Gasteiger partial charge in [0, 0.05) is 11.0 Å². The van der Waals surface area contributed by atoms with Crippen LogP contribution in [0, 0.1) is 0 Å². The van der Waals surface area contributed by atoms with Crippen LogP contribution in [0.2, 0.25) is 5.02 Å². The van der Waals surface area contributed by atoms with Crippen LogP contribution in [0.3, 0.4) is 0 Å². The van der Waals surface area contributed by atoms with Gasteiger partial charge in [0.25, 0.3) is 0 Å². The molecule has 0 fully saturated rings. The van der Waals surface area contributed by atoms with E-state index in [1.165, 1.54) is 16.7 Å². The number of amides is 2. The Morgan fingerprint density at radius 3 is 2.55 bits per heavy atom. The van der Waals surface area contributed by atoms with Gasteiger partial charge in [-0.05, 0) is 42.0 Å². The molecule has 42 heavy (non-hydrogen) atoms. The van der Waals surface area contributed by atoms with Crippen LogP contribution in [0.5, 0.6) is 11.5 Å². The molecule has 5 rings (SSSR count). The second kappa shape index (κ2) is 12.1. The van der Waals surface area contributed by atoms with E-state index < -0.39 is 5.41 Å². The molecule has 2 aromatic heterocycles. The summed E-state index contributed by atoms with van der Waals surface area (Å²) < 4.78 is 18.2. The van der Waals surface area contributed by atoms with Crippen LogP contribution in [0.15, 0.2) is 65.3 Å². The monoisotopic (exact) mass is 608 g/mol. The summed E-state index contributed by atoms with van der Waals surface area (Å²) in [6.07, 6.45) is 1.55. The number of rotatable bonds is 8. The Bertz CT molecular complexity index is 1600. The molecule has 0 saturated heterocycles. The third-order valence-corrected chi connectivity index (χ3v) is 8.51. The molecule has 0 spiro atoms. The smallest absolute Gasteiger partial charge is 0.240 e. The molecule has 0 bridgehead atoms. The van der Waals surface area contributed by atoms with Gasteiger partial charge in [-0.1, -0.05) is 50.6 Å². The number of halogens is 1. The maximum atomic E-state index is 13.9. The second-order valence-electron chi connectivity index (χ2n) is 10.8. The number of fused-ring (bicyclic) bond motifs is 1. The van der Waals surface area contributed by atoms with Crippen molar-refractivity contribution in [1.82, 2.24) is 15.1 Å². The number of para-hydroxylation sites is 1. The van der Waals surface area contributed by atoms with Crippen molar-refractivity contribution in [2.45, 2.75) is 38.0 Å². The lowest BCUT2D eigenvalue weighted by Gasteiger charge is -2.25. The predicted octanol–water partition coefficient (Wildman–Crippen LogP) is 5.92. The first-order valence-corrected chi connectivity index (χ1v) is 14.9. The fourth-order valence-corrected chi connectivity index (χ4v) is 6.35. The van der Waals surface area contributed by atoms with E-state index in [9.17, 15) is 9.59 Å². The topological polar surface area (TPSA) is 98.8 Å². The first-order chi connectivity index (χ1) is 20.1. The average Bonchev–Trinajstić information content (AvgIpc) is 3.61. The lowest BCUT2D eigenvalue weighted by atomic mass is 9.87. The van der Waals surface area contributed by atoms with E-state index in [1.807, 2.05) is 36.4 Å². The average molecular weight is 609 g/mol. The van der Waals surface area contributed by atoms with E-state index in [2.05, 4.69) is 26.1 Å². The van der Waals surface area contributed by atoms with E-state index in [0.29, 0.717) is 33.8 Å². The molecule has 0 radical (unpaired) electrons. The van der Waals surface area contributed by atoms with Gasteiger partial charge in [0.2, 0.25) is 11.8 Å². The highest BCUT2D eigenvalue weighted by Gasteiger charge is 2.40. The van der Waals surface area contributed by atoms with Crippen LogP contribution in [-0.4, -0.2) is 48.1 Å². The number of nitrogens with one attached hydrogen (secondary N) is 1. The number of benzene rings is 2. The van der Waals surface area contributed by atoms with E-state index in [4.69, 9.17) is 30.6 Å². The van der Waals surface area contributed by atoms with E-state index in [-0.39, 0.29) is 35.9 Å². The Labute approximate surface area is 254 Å². The highest BCUT2D eigenvalue weighted by molar-refractivity contribution is 8.00. The number of carbonyl (C=O) groups excluding carboxylic acids is 2. The summed E-state index contributed by atoms with van der Waals surface area (Å²) in [5, 5.41) is 8.12. The number of aromatic nitrogens is 2. The summed E-state index contributed by atoms with van der Waals surface area (Å²) in [6.45, 7) is 6.24. The molecule has 3 heterocycles. The number of hydrogen-bond acceptors (Lipinski definition) is 7. The Morgan fingerprint density at radius 2 is 1.88 bits per heavy atom. The number of furan rings is 1. The molecule has 1 aliphatic rings. The second-order valence-corrected chi connectivity index (χ2v) is 12.3. The zero-order chi connectivity index (χ0) is 30.0. The fraction of sp³-hybridized carbons (Fsp3) is 0.323. The molecule has 1 N–H and O–H groups in total. The van der Waals surface area contributed by atoms with Crippen molar-refractivity contribution in [2.75, 3.05) is 31.4 Å². The van der Waals surface area contributed by atoms with Gasteiger partial charge < -0.3 is 19.2 Å². The summed E-state index contributed by atoms with van der Waals surface area (Å²) in [4.78, 5) is 28.6. The molecule has 1 atom stereocenters. The number of nitrogens with zero attached hydrogens (tertiary/aromatic N) is 3. The van der Waals surface area contributed by atoms with Gasteiger partial charge in [-0.3, -0.25) is 14.5 Å². The third-order valence-electron chi connectivity index (χ3n) is 6.93. The van der Waals surface area contributed by atoms with Crippen molar-refractivity contribution in [3.05, 3.63) is 88.5 Å². The van der Waals surface area contributed by atoms with Gasteiger partial charge in [-0.15, -0.1) is 11.8 Å². The predicted molar refractivity (Wildman–Crippen MR) is 164 cm³/mol. The molecule has 4 aromatic rings. The minimum atomic E-state index is -0.410. The van der Waals surface area contributed by atoms with Gasteiger partial charge in [-0.25, -0.2) is 4.68 Å². The van der Waals surface area contributed by atoms with Crippen molar-refractivity contribution in [3.63, 3.8) is 0 Å². The summed E-state index contributed by atoms with van der Waals surface area (Å²) >= 11 is 8.18. The lowest BCUT2D eigenvalue weighted by molar-refractivity contribution is -0.123. The van der Waals surface area contributed by atoms with Crippen molar-refractivity contribution in [2.24, 2.45) is 0 Å². The van der Waals surface area contributed by atoms with Gasteiger partial charge in [0.15, 0.2) is 11.5 Å². The number of anilines is 1. The Morgan fingerprint density at radius 1 is 1.12 bits per heavy atom. The van der Waals surface area contributed by atoms with Crippen LogP contribution >= 0.6 is 23.4 Å². The Kier molecular flexibility index (Phi) is 8.56. The molecule has 2 amide bonds. The molecule has 1 aliphatic heterocycles. The minimum absolute atomic E-state index is 0.144. The number of ether oxygens (including phenoxy) is 2. The van der Waals surface area contributed by atoms with Crippen LogP contribution < -0.4 is 19.7 Å². The first kappa shape index (κ1) is 29.6. The van der Waals surface area contributed by atoms with Gasteiger partial charge in [0.05, 0.1) is 54.4 Å². The van der Waals surface area contributed by atoms with Gasteiger partial charge >= 0.3 is 0 Å². The van der Waals surface area contributed by atoms with E-state index in [1.54, 1.807) is 43.4 Å². The molecule has 0 aliphatic carbocycles. The zero-order valence-electron chi connectivity index (χ0n) is 24.1. The van der Waals surface area contributed by atoms with Crippen molar-refractivity contribution in [1.29, 1.82) is 0 Å². The van der Waals surface area contributed by atoms with Crippen LogP contribution in [-0.2, 0) is 21.5 Å². The van der Waals surface area contributed by atoms with Crippen LogP contribution in [0.1, 0.15) is 48.6 Å². The molecular weight excluding hydrogens is 576 g/mol. The molecule has 9 nitrogen and oxygen atoms in total. The Balaban J connectivity index is 1.70. The van der Waals surface area contributed by atoms with Crippen molar-refractivity contribution >= 4 is 41.0 Å². The lowest BCUT2D eigenvalue weighted by Crippen LogP contribution is -2.42. The van der Waals surface area contributed by atoms with Crippen molar-refractivity contribution < 1.29 is 23.5 Å². The van der Waals surface area contributed by atoms with E-state index in [0.717, 1.165) is 16.8 Å². The largest absolute Gasteiger partial charge is 0.493 e. The number of methoxy groups -OCH3 is 2. The van der Waals surface area contributed by atoms with Crippen LogP contribution in [0.4, 0.5) is 5.82 Å². The zero-order valence-corrected chi connectivity index (χ0v) is 25.7. The normalized spacial score (nSPS) is 15.2. The van der Waals surface area contributed by atoms with Crippen LogP contribution in [0.25, 0.3) is 5.69 Å². The molecule has 1 unspecified atom stereocenters. The maximum Gasteiger partial charge on any atom is 0.240 e. The number of thioether (sulfide) groups is 1. The molecular formula is C31H33ClN4O5S. The standard InChI is InChI=1S/C31H33ClN4O5S/c1-31(2,3)29-27-28(19-12-13-23(39-4)24(15-19)40-5)42-18-26(38)35(17-25(37)33-16-20-9-8-14-41-20)30(27)36(34-29)22-11-7-6-10-21(22)32/h6-15,28H,16-18H2,1-5H3,(H,33,37). The molecule has 0 saturated carbocycles. The molecule has 11 heteroatoms.